The number of nitrogens with zero attached hydrogens (tertiary/aromatic N) is 1. The summed E-state index contributed by atoms with van der Waals surface area (Å²) in [7, 11) is 0. The van der Waals surface area contributed by atoms with Gasteiger partial charge in [-0.25, -0.2) is 4.79 Å². The van der Waals surface area contributed by atoms with Crippen molar-refractivity contribution in [3.8, 4) is 5.75 Å². The molecule has 0 aromatic heterocycles. The molecule has 6 nitrogen and oxygen atoms in total. The Morgan fingerprint density at radius 3 is 2.65 bits per heavy atom. The molecule has 1 N–H and O–H groups in total. The smallest absolute Gasteiger partial charge is 0.321 e. The maximum Gasteiger partial charge on any atom is 0.321 e. The summed E-state index contributed by atoms with van der Waals surface area (Å²) in [6, 6.07) is 5.67. The minimum absolute atomic E-state index is 0.109. The summed E-state index contributed by atoms with van der Waals surface area (Å²) in [4.78, 5) is 14.3. The molecular formula is C17H24N2O4. The van der Waals surface area contributed by atoms with Gasteiger partial charge in [-0.05, 0) is 31.5 Å². The van der Waals surface area contributed by atoms with E-state index in [0.29, 0.717) is 57.2 Å². The van der Waals surface area contributed by atoms with Gasteiger partial charge in [-0.15, -0.1) is 0 Å². The fraction of sp³-hybridized carbons (Fsp3) is 0.588. The number of amides is 2. The van der Waals surface area contributed by atoms with Gasteiger partial charge in [0.05, 0.1) is 25.5 Å². The lowest BCUT2D eigenvalue weighted by Gasteiger charge is -2.37. The number of nitrogens with one attached hydrogen (secondary N) is 1. The Morgan fingerprint density at radius 1 is 1.30 bits per heavy atom. The van der Waals surface area contributed by atoms with Gasteiger partial charge < -0.3 is 24.4 Å². The molecule has 6 heteroatoms. The van der Waals surface area contributed by atoms with E-state index in [-0.39, 0.29) is 6.03 Å². The molecule has 1 aromatic rings. The molecule has 2 fully saturated rings. The summed E-state index contributed by atoms with van der Waals surface area (Å²) < 4.78 is 17.0. The number of urea groups is 1. The normalized spacial score (nSPS) is 19.8. The quantitative estimate of drug-likeness (QED) is 0.930. The molecule has 0 saturated carbocycles. The van der Waals surface area contributed by atoms with Crippen LogP contribution in [-0.4, -0.2) is 49.6 Å². The second kappa shape index (κ2) is 6.76. The van der Waals surface area contributed by atoms with E-state index in [9.17, 15) is 4.79 Å². The first-order valence-corrected chi connectivity index (χ1v) is 8.19. The maximum absolute atomic E-state index is 12.5. The van der Waals surface area contributed by atoms with Crippen LogP contribution in [0.15, 0.2) is 18.2 Å². The number of hydrogen-bond donors (Lipinski definition) is 1. The summed E-state index contributed by atoms with van der Waals surface area (Å²) in [5, 5.41) is 2.95. The fourth-order valence-corrected chi connectivity index (χ4v) is 3.04. The Morgan fingerprint density at radius 2 is 2.00 bits per heavy atom. The zero-order valence-corrected chi connectivity index (χ0v) is 13.8. The average molecular weight is 320 g/mol. The minimum atomic E-state index is -0.461. The average Bonchev–Trinajstić information content (AvgIpc) is 2.99. The number of rotatable bonds is 3. The first-order valence-electron chi connectivity index (χ1n) is 8.19. The van der Waals surface area contributed by atoms with Gasteiger partial charge in [0, 0.05) is 25.9 Å². The van der Waals surface area contributed by atoms with Crippen LogP contribution < -0.4 is 10.1 Å². The third-order valence-electron chi connectivity index (χ3n) is 4.30. The van der Waals surface area contributed by atoms with Crippen LogP contribution in [0.1, 0.15) is 25.3 Å². The van der Waals surface area contributed by atoms with E-state index in [2.05, 4.69) is 5.32 Å². The van der Waals surface area contributed by atoms with Crippen LogP contribution in [0.25, 0.3) is 0 Å². The van der Waals surface area contributed by atoms with Crippen molar-refractivity contribution in [1.29, 1.82) is 0 Å². The van der Waals surface area contributed by atoms with Gasteiger partial charge in [-0.2, -0.15) is 0 Å². The number of ether oxygens (including phenoxy) is 3. The summed E-state index contributed by atoms with van der Waals surface area (Å²) in [6.07, 6.45) is 1.43. The number of carbonyl (C=O) groups is 1. The molecule has 2 aliphatic rings. The number of benzene rings is 1. The van der Waals surface area contributed by atoms with Crippen LogP contribution in [0, 0.1) is 6.92 Å². The number of piperidine rings is 1. The van der Waals surface area contributed by atoms with E-state index in [1.807, 2.05) is 32.0 Å². The molecule has 0 unspecified atom stereocenters. The summed E-state index contributed by atoms with van der Waals surface area (Å²) >= 11 is 0. The standard InChI is InChI=1S/C17H24N2O4/c1-3-21-15-12-13(2)4-5-14(15)18-16(20)19-8-6-17(7-9-19)22-10-11-23-17/h4-5,12H,3,6-11H2,1-2H3,(H,18,20). The van der Waals surface area contributed by atoms with Gasteiger partial charge in [-0.1, -0.05) is 6.07 Å². The maximum atomic E-state index is 12.5. The first kappa shape index (κ1) is 16.1. The number of aryl methyl sites for hydroxylation is 1. The molecule has 0 atom stereocenters. The van der Waals surface area contributed by atoms with Crippen molar-refractivity contribution >= 4 is 11.7 Å². The van der Waals surface area contributed by atoms with E-state index >= 15 is 0 Å². The number of hydrogen-bond acceptors (Lipinski definition) is 4. The zero-order chi connectivity index (χ0) is 16.3. The molecule has 1 aromatic carbocycles. The molecular weight excluding hydrogens is 296 g/mol. The Labute approximate surface area is 136 Å². The highest BCUT2D eigenvalue weighted by atomic mass is 16.7. The fourth-order valence-electron chi connectivity index (χ4n) is 3.04. The lowest BCUT2D eigenvalue weighted by molar-refractivity contribution is -0.181. The van der Waals surface area contributed by atoms with Gasteiger partial charge in [-0.3, -0.25) is 0 Å². The molecule has 2 aliphatic heterocycles. The molecule has 0 bridgehead atoms. The van der Waals surface area contributed by atoms with Crippen molar-refractivity contribution in [2.75, 3.05) is 38.2 Å². The van der Waals surface area contributed by atoms with Crippen LogP contribution in [0.2, 0.25) is 0 Å². The Bertz CT molecular complexity index is 560. The molecule has 126 valence electrons. The monoisotopic (exact) mass is 320 g/mol. The largest absolute Gasteiger partial charge is 0.492 e. The highest BCUT2D eigenvalue weighted by Gasteiger charge is 2.40. The van der Waals surface area contributed by atoms with Gasteiger partial charge in [0.15, 0.2) is 5.79 Å². The predicted octanol–water partition coefficient (Wildman–Crippen LogP) is 2.76. The number of likely N-dealkylation sites (tertiary alicyclic amines) is 1. The minimum Gasteiger partial charge on any atom is -0.492 e. The van der Waals surface area contributed by atoms with Gasteiger partial charge in [0.25, 0.3) is 0 Å². The van der Waals surface area contributed by atoms with Crippen molar-refractivity contribution < 1.29 is 19.0 Å². The highest BCUT2D eigenvalue weighted by molar-refractivity contribution is 5.91. The second-order valence-electron chi connectivity index (χ2n) is 5.96. The van der Waals surface area contributed by atoms with E-state index < -0.39 is 5.79 Å². The Hall–Kier alpha value is -1.79. The Balaban J connectivity index is 1.61. The van der Waals surface area contributed by atoms with Crippen LogP contribution >= 0.6 is 0 Å². The molecule has 1 spiro atoms. The molecule has 3 rings (SSSR count). The SMILES string of the molecule is CCOc1cc(C)ccc1NC(=O)N1CCC2(CC1)OCCO2. The van der Waals surface area contributed by atoms with Crippen LogP contribution in [0.4, 0.5) is 10.5 Å². The first-order chi connectivity index (χ1) is 11.1. The third kappa shape index (κ3) is 3.59. The second-order valence-corrected chi connectivity index (χ2v) is 5.96. The van der Waals surface area contributed by atoms with Crippen molar-refractivity contribution in [1.82, 2.24) is 4.90 Å². The van der Waals surface area contributed by atoms with Crippen LogP contribution in [0.5, 0.6) is 5.75 Å². The van der Waals surface area contributed by atoms with Crippen LogP contribution in [-0.2, 0) is 9.47 Å². The van der Waals surface area contributed by atoms with E-state index in [1.165, 1.54) is 0 Å². The number of carbonyl (C=O) groups excluding carboxylic acids is 1. The molecule has 2 saturated heterocycles. The van der Waals surface area contributed by atoms with Crippen molar-refractivity contribution in [2.45, 2.75) is 32.5 Å². The topological polar surface area (TPSA) is 60.0 Å². The summed E-state index contributed by atoms with van der Waals surface area (Å²) in [6.45, 7) is 7.04. The third-order valence-corrected chi connectivity index (χ3v) is 4.30. The summed E-state index contributed by atoms with van der Waals surface area (Å²) in [5.74, 6) is 0.244. The van der Waals surface area contributed by atoms with Crippen LogP contribution in [0.3, 0.4) is 0 Å². The van der Waals surface area contributed by atoms with Gasteiger partial charge >= 0.3 is 6.03 Å². The van der Waals surface area contributed by atoms with E-state index in [0.717, 1.165) is 5.56 Å². The number of anilines is 1. The van der Waals surface area contributed by atoms with Crippen molar-refractivity contribution in [3.05, 3.63) is 23.8 Å². The molecule has 23 heavy (non-hydrogen) atoms. The molecule has 2 heterocycles. The van der Waals surface area contributed by atoms with Gasteiger partial charge in [0.2, 0.25) is 0 Å². The van der Waals surface area contributed by atoms with Crippen molar-refractivity contribution in [3.63, 3.8) is 0 Å². The van der Waals surface area contributed by atoms with E-state index in [4.69, 9.17) is 14.2 Å². The lowest BCUT2D eigenvalue weighted by Crippen LogP contribution is -2.48. The zero-order valence-electron chi connectivity index (χ0n) is 13.8. The summed E-state index contributed by atoms with van der Waals surface area (Å²) in [5.41, 5.74) is 1.80. The van der Waals surface area contributed by atoms with Gasteiger partial charge in [0.1, 0.15) is 5.75 Å². The molecule has 0 radical (unpaired) electrons. The highest BCUT2D eigenvalue weighted by Crippen LogP contribution is 2.32. The van der Waals surface area contributed by atoms with Crippen molar-refractivity contribution in [2.24, 2.45) is 0 Å². The predicted molar refractivity (Wildman–Crippen MR) is 86.8 cm³/mol. The lowest BCUT2D eigenvalue weighted by atomic mass is 10.0. The Kier molecular flexibility index (Phi) is 4.73. The van der Waals surface area contributed by atoms with E-state index in [1.54, 1.807) is 4.90 Å². The molecule has 2 amide bonds. The molecule has 0 aliphatic carbocycles.